The number of ether oxygens (including phenoxy) is 1. The van der Waals surface area contributed by atoms with Crippen LogP contribution >= 0.6 is 11.6 Å². The van der Waals surface area contributed by atoms with Crippen molar-refractivity contribution < 1.29 is 4.74 Å². The first-order valence-corrected chi connectivity index (χ1v) is 5.82. The monoisotopic (exact) mass is 238 g/mol. The summed E-state index contributed by atoms with van der Waals surface area (Å²) in [7, 11) is 1.66. The zero-order chi connectivity index (χ0) is 11.7. The maximum Gasteiger partial charge on any atom is 0.146 e. The Balaban J connectivity index is 2.77. The first-order valence-electron chi connectivity index (χ1n) is 5.28. The van der Waals surface area contributed by atoms with Gasteiger partial charge in [0.25, 0.3) is 0 Å². The number of benzene rings is 1. The van der Waals surface area contributed by atoms with E-state index in [1.54, 1.807) is 7.11 Å². The van der Waals surface area contributed by atoms with Gasteiger partial charge in [-0.2, -0.15) is 0 Å². The second-order valence-corrected chi connectivity index (χ2v) is 4.22. The Morgan fingerprint density at radius 2 is 2.19 bits per heavy atom. The highest BCUT2D eigenvalue weighted by Crippen LogP contribution is 2.28. The summed E-state index contributed by atoms with van der Waals surface area (Å²) in [4.78, 5) is 4.53. The number of hydrogen-bond donors (Lipinski definition) is 0. The van der Waals surface area contributed by atoms with Gasteiger partial charge in [-0.05, 0) is 26.0 Å². The topological polar surface area (TPSA) is 27.1 Å². The van der Waals surface area contributed by atoms with E-state index >= 15 is 0 Å². The number of rotatable bonds is 3. The van der Waals surface area contributed by atoms with Crippen molar-refractivity contribution in [3.63, 3.8) is 0 Å². The van der Waals surface area contributed by atoms with Gasteiger partial charge in [0.15, 0.2) is 0 Å². The summed E-state index contributed by atoms with van der Waals surface area (Å²) in [5, 5.41) is 0. The number of imidazole rings is 1. The molecule has 0 radical (unpaired) electrons. The third kappa shape index (κ3) is 1.65. The number of methoxy groups -OCH3 is 1. The summed E-state index contributed by atoms with van der Waals surface area (Å²) in [5.74, 6) is 2.09. The molecular formula is C12H15ClN2O. The highest BCUT2D eigenvalue weighted by atomic mass is 35.5. The summed E-state index contributed by atoms with van der Waals surface area (Å²) in [5.41, 5.74) is 1.96. The fourth-order valence-electron chi connectivity index (χ4n) is 1.97. The van der Waals surface area contributed by atoms with Gasteiger partial charge in [-0.15, -0.1) is 11.6 Å². The summed E-state index contributed by atoms with van der Waals surface area (Å²) in [6.45, 7) is 4.24. The van der Waals surface area contributed by atoms with Crippen LogP contribution in [0.1, 0.15) is 25.7 Å². The quantitative estimate of drug-likeness (QED) is 0.767. The number of aromatic nitrogens is 2. The Kier molecular flexibility index (Phi) is 3.06. The minimum atomic E-state index is 0.339. The van der Waals surface area contributed by atoms with Crippen molar-refractivity contribution in [2.75, 3.05) is 7.11 Å². The first-order chi connectivity index (χ1) is 7.69. The van der Waals surface area contributed by atoms with Gasteiger partial charge in [-0.1, -0.05) is 6.07 Å². The average molecular weight is 239 g/mol. The number of halogens is 1. The molecule has 0 saturated heterocycles. The van der Waals surface area contributed by atoms with E-state index in [9.17, 15) is 0 Å². The summed E-state index contributed by atoms with van der Waals surface area (Å²) >= 11 is 5.92. The van der Waals surface area contributed by atoms with Crippen LogP contribution in [0.5, 0.6) is 5.75 Å². The number of para-hydroxylation sites is 1. The van der Waals surface area contributed by atoms with Crippen molar-refractivity contribution in [2.45, 2.75) is 25.8 Å². The van der Waals surface area contributed by atoms with Gasteiger partial charge in [0, 0.05) is 6.04 Å². The Bertz CT molecular complexity index is 505. The van der Waals surface area contributed by atoms with Gasteiger partial charge >= 0.3 is 0 Å². The van der Waals surface area contributed by atoms with Gasteiger partial charge in [-0.3, -0.25) is 0 Å². The highest BCUT2D eigenvalue weighted by molar-refractivity contribution is 6.16. The lowest BCUT2D eigenvalue weighted by atomic mass is 10.2. The third-order valence-electron chi connectivity index (χ3n) is 2.61. The summed E-state index contributed by atoms with van der Waals surface area (Å²) < 4.78 is 7.44. The molecule has 1 heterocycles. The number of hydrogen-bond acceptors (Lipinski definition) is 2. The van der Waals surface area contributed by atoms with E-state index in [1.165, 1.54) is 0 Å². The van der Waals surface area contributed by atoms with Crippen molar-refractivity contribution in [1.82, 2.24) is 9.55 Å². The smallest absolute Gasteiger partial charge is 0.146 e. The van der Waals surface area contributed by atoms with E-state index < -0.39 is 0 Å². The molecule has 3 nitrogen and oxygen atoms in total. The molecule has 86 valence electrons. The molecule has 1 aromatic heterocycles. The number of alkyl halides is 1. The molecule has 0 aliphatic carbocycles. The van der Waals surface area contributed by atoms with Crippen LogP contribution in [0.4, 0.5) is 0 Å². The Morgan fingerprint density at radius 1 is 1.44 bits per heavy atom. The molecule has 16 heavy (non-hydrogen) atoms. The van der Waals surface area contributed by atoms with Crippen molar-refractivity contribution >= 4 is 22.6 Å². The van der Waals surface area contributed by atoms with Crippen molar-refractivity contribution in [3.05, 3.63) is 24.0 Å². The molecule has 2 aromatic rings. The first kappa shape index (κ1) is 11.3. The van der Waals surface area contributed by atoms with Gasteiger partial charge in [0.05, 0.1) is 18.5 Å². The second-order valence-electron chi connectivity index (χ2n) is 3.95. The lowest BCUT2D eigenvalue weighted by Gasteiger charge is -2.11. The lowest BCUT2D eigenvalue weighted by molar-refractivity contribution is 0.419. The summed E-state index contributed by atoms with van der Waals surface area (Å²) in [6, 6.07) is 6.27. The van der Waals surface area contributed by atoms with E-state index in [1.807, 2.05) is 18.2 Å². The van der Waals surface area contributed by atoms with Gasteiger partial charge in [-0.25, -0.2) is 4.98 Å². The number of nitrogens with zero attached hydrogens (tertiary/aromatic N) is 2. The molecule has 0 unspecified atom stereocenters. The van der Waals surface area contributed by atoms with Crippen molar-refractivity contribution in [3.8, 4) is 5.75 Å². The second kappa shape index (κ2) is 4.34. The van der Waals surface area contributed by atoms with Crippen LogP contribution in [-0.4, -0.2) is 16.7 Å². The average Bonchev–Trinajstić information content (AvgIpc) is 2.66. The normalized spacial score (nSPS) is 11.3. The maximum absolute atomic E-state index is 5.92. The van der Waals surface area contributed by atoms with Crippen molar-refractivity contribution in [1.29, 1.82) is 0 Å². The third-order valence-corrected chi connectivity index (χ3v) is 2.85. The van der Waals surface area contributed by atoms with E-state index in [-0.39, 0.29) is 0 Å². The number of fused-ring (bicyclic) bond motifs is 1. The molecule has 2 rings (SSSR count). The van der Waals surface area contributed by atoms with Crippen LogP contribution in [0, 0.1) is 0 Å². The fourth-order valence-corrected chi connectivity index (χ4v) is 2.16. The van der Waals surface area contributed by atoms with E-state index in [4.69, 9.17) is 16.3 Å². The lowest BCUT2D eigenvalue weighted by Crippen LogP contribution is -2.04. The Labute approximate surface area is 100.0 Å². The zero-order valence-electron chi connectivity index (χ0n) is 9.70. The maximum atomic E-state index is 5.92. The molecule has 0 N–H and O–H groups in total. The largest absolute Gasteiger partial charge is 0.494 e. The van der Waals surface area contributed by atoms with Crippen LogP contribution in [-0.2, 0) is 5.88 Å². The molecule has 0 saturated carbocycles. The minimum absolute atomic E-state index is 0.339. The van der Waals surface area contributed by atoms with Crippen LogP contribution < -0.4 is 4.74 Å². The van der Waals surface area contributed by atoms with Crippen LogP contribution in [0.25, 0.3) is 11.0 Å². The van der Waals surface area contributed by atoms with E-state index in [2.05, 4.69) is 23.4 Å². The molecular weight excluding hydrogens is 224 g/mol. The van der Waals surface area contributed by atoms with Crippen LogP contribution in [0.15, 0.2) is 18.2 Å². The highest BCUT2D eigenvalue weighted by Gasteiger charge is 2.14. The molecule has 0 aliphatic rings. The molecule has 0 bridgehead atoms. The molecule has 0 fully saturated rings. The Morgan fingerprint density at radius 3 is 2.75 bits per heavy atom. The molecule has 0 amide bonds. The fraction of sp³-hybridized carbons (Fsp3) is 0.417. The van der Waals surface area contributed by atoms with Crippen LogP contribution in [0.2, 0.25) is 0 Å². The molecule has 4 heteroatoms. The summed E-state index contributed by atoms with van der Waals surface area (Å²) in [6.07, 6.45) is 0. The van der Waals surface area contributed by atoms with E-state index in [0.29, 0.717) is 11.9 Å². The zero-order valence-corrected chi connectivity index (χ0v) is 10.5. The van der Waals surface area contributed by atoms with Crippen molar-refractivity contribution in [2.24, 2.45) is 0 Å². The predicted octanol–water partition coefficient (Wildman–Crippen LogP) is 3.36. The van der Waals surface area contributed by atoms with E-state index in [0.717, 1.165) is 22.6 Å². The van der Waals surface area contributed by atoms with Gasteiger partial charge in [0.2, 0.25) is 0 Å². The standard InChI is InChI=1S/C12H15ClN2O/c1-8(2)15-9-5-4-6-10(16-3)12(9)14-11(15)7-13/h4-6,8H,7H2,1-3H3. The van der Waals surface area contributed by atoms with Crippen LogP contribution in [0.3, 0.4) is 0 Å². The predicted molar refractivity (Wildman–Crippen MR) is 66.2 cm³/mol. The molecule has 0 aliphatic heterocycles. The van der Waals surface area contributed by atoms with Gasteiger partial charge < -0.3 is 9.30 Å². The Hall–Kier alpha value is -1.22. The minimum Gasteiger partial charge on any atom is -0.494 e. The van der Waals surface area contributed by atoms with Gasteiger partial charge in [0.1, 0.15) is 17.1 Å². The molecule has 0 spiro atoms. The molecule has 1 aromatic carbocycles. The SMILES string of the molecule is COc1cccc2c1nc(CCl)n2C(C)C. The molecule has 0 atom stereocenters.